The van der Waals surface area contributed by atoms with Crippen molar-refractivity contribution in [2.24, 2.45) is 13.0 Å². The Morgan fingerprint density at radius 2 is 1.76 bits per heavy atom. The van der Waals surface area contributed by atoms with Crippen molar-refractivity contribution in [2.75, 3.05) is 33.4 Å². The van der Waals surface area contributed by atoms with Gasteiger partial charge in [0.25, 0.3) is 5.56 Å². The van der Waals surface area contributed by atoms with Gasteiger partial charge >= 0.3 is 0 Å². The summed E-state index contributed by atoms with van der Waals surface area (Å²) < 4.78 is 15.3. The van der Waals surface area contributed by atoms with Crippen molar-refractivity contribution in [3.05, 3.63) is 81.8 Å². The second kappa shape index (κ2) is 10.9. The highest BCUT2D eigenvalue weighted by molar-refractivity contribution is 5.78. The Bertz CT molecular complexity index is 1290. The Morgan fingerprint density at radius 3 is 2.49 bits per heavy atom. The molecule has 1 aliphatic carbocycles. The van der Waals surface area contributed by atoms with Crippen molar-refractivity contribution >= 4 is 5.91 Å². The number of carbonyl (C=O) groups excluding carboxylic acids is 1. The third-order valence-electron chi connectivity index (χ3n) is 7.42. The lowest BCUT2D eigenvalue weighted by molar-refractivity contribution is -0.132. The molecule has 1 saturated heterocycles. The third kappa shape index (κ3) is 5.81. The van der Waals surface area contributed by atoms with E-state index in [2.05, 4.69) is 4.90 Å². The molecule has 1 aliphatic heterocycles. The predicted octanol–water partition coefficient (Wildman–Crippen LogP) is 3.13. The fourth-order valence-electron chi connectivity index (χ4n) is 5.01. The molecule has 2 aromatic carbocycles. The normalized spacial score (nSPS) is 18.7. The first-order chi connectivity index (χ1) is 17.9. The van der Waals surface area contributed by atoms with E-state index in [0.717, 1.165) is 29.3 Å². The van der Waals surface area contributed by atoms with E-state index in [0.29, 0.717) is 37.7 Å². The minimum atomic E-state index is -0.113. The zero-order valence-corrected chi connectivity index (χ0v) is 21.9. The largest absolute Gasteiger partial charge is 0.497 e. The number of methoxy groups -OCH3 is 1. The van der Waals surface area contributed by atoms with E-state index in [9.17, 15) is 9.59 Å². The lowest BCUT2D eigenvalue weighted by atomic mass is 10.2. The number of nitrogens with zero attached hydrogens (tertiary/aromatic N) is 4. The molecule has 0 N–H and O–H groups in total. The van der Waals surface area contributed by atoms with Gasteiger partial charge in [-0.3, -0.25) is 19.2 Å². The predicted molar refractivity (Wildman–Crippen MR) is 142 cm³/mol. The van der Waals surface area contributed by atoms with Gasteiger partial charge in [-0.25, -0.2) is 4.68 Å². The topological polar surface area (TPSA) is 68.9 Å². The van der Waals surface area contributed by atoms with E-state index in [1.165, 1.54) is 12.8 Å². The molecule has 37 heavy (non-hydrogen) atoms. The van der Waals surface area contributed by atoms with Crippen LogP contribution in [0.5, 0.6) is 5.75 Å². The molecule has 2 heterocycles. The molecule has 1 saturated carbocycles. The van der Waals surface area contributed by atoms with Crippen LogP contribution >= 0.6 is 0 Å². The molecule has 8 nitrogen and oxygen atoms in total. The Hall–Kier alpha value is -3.36. The first kappa shape index (κ1) is 25.3. The molecule has 3 aromatic rings. The molecule has 1 unspecified atom stereocenters. The van der Waals surface area contributed by atoms with Crippen LogP contribution in [0, 0.1) is 12.8 Å². The molecular formula is C29H36N4O4. The lowest BCUT2D eigenvalue weighted by Crippen LogP contribution is -2.37. The van der Waals surface area contributed by atoms with Gasteiger partial charge in [0.05, 0.1) is 31.0 Å². The van der Waals surface area contributed by atoms with Gasteiger partial charge in [0.1, 0.15) is 5.75 Å². The zero-order valence-electron chi connectivity index (χ0n) is 21.9. The highest BCUT2D eigenvalue weighted by Crippen LogP contribution is 2.29. The van der Waals surface area contributed by atoms with Gasteiger partial charge in [-0.15, -0.1) is 0 Å². The summed E-state index contributed by atoms with van der Waals surface area (Å²) in [6.45, 7) is 4.97. The quantitative estimate of drug-likeness (QED) is 0.448. The summed E-state index contributed by atoms with van der Waals surface area (Å²) in [5, 5.41) is 0. The van der Waals surface area contributed by atoms with Crippen LogP contribution in [-0.2, 0) is 29.7 Å². The van der Waals surface area contributed by atoms with E-state index in [-0.39, 0.29) is 24.1 Å². The maximum atomic E-state index is 13.5. The average molecular weight is 505 g/mol. The van der Waals surface area contributed by atoms with Crippen LogP contribution in [0.15, 0.2) is 59.4 Å². The minimum absolute atomic E-state index is 0.0392. The minimum Gasteiger partial charge on any atom is -0.497 e. The molecule has 0 bridgehead atoms. The van der Waals surface area contributed by atoms with Gasteiger partial charge in [0, 0.05) is 45.5 Å². The van der Waals surface area contributed by atoms with Crippen molar-refractivity contribution in [1.82, 2.24) is 19.2 Å². The maximum absolute atomic E-state index is 13.5. The number of benzene rings is 2. The zero-order chi connectivity index (χ0) is 25.9. The highest BCUT2D eigenvalue weighted by atomic mass is 16.5. The number of para-hydroxylation sites is 1. The number of ether oxygens (including phenoxy) is 2. The Kier molecular flexibility index (Phi) is 7.48. The van der Waals surface area contributed by atoms with E-state index < -0.39 is 0 Å². The molecular weight excluding hydrogens is 468 g/mol. The molecule has 1 aromatic heterocycles. The lowest BCUT2D eigenvalue weighted by Gasteiger charge is -2.25. The number of amides is 1. The van der Waals surface area contributed by atoms with E-state index in [1.54, 1.807) is 11.8 Å². The summed E-state index contributed by atoms with van der Waals surface area (Å²) >= 11 is 0. The van der Waals surface area contributed by atoms with Crippen molar-refractivity contribution in [3.63, 3.8) is 0 Å². The standard InChI is InChI=1S/C29H36N4O4/c1-21-27(29(35)33(30(21)2)24-9-5-4-6-10-24)18-31-16-26(37-20-22-12-13-22)17-32(28(34)19-31)15-23-8-7-11-25(14-23)36-3/h4-11,14,22,26H,12-13,15-20H2,1-3H3. The van der Waals surface area contributed by atoms with E-state index in [4.69, 9.17) is 9.47 Å². The van der Waals surface area contributed by atoms with Crippen LogP contribution in [-0.4, -0.2) is 64.5 Å². The summed E-state index contributed by atoms with van der Waals surface area (Å²) in [6, 6.07) is 17.5. The smallest absolute Gasteiger partial charge is 0.276 e. The van der Waals surface area contributed by atoms with E-state index >= 15 is 0 Å². The Balaban J connectivity index is 1.38. The van der Waals surface area contributed by atoms with Gasteiger partial charge in [0.2, 0.25) is 5.91 Å². The fraction of sp³-hybridized carbons (Fsp3) is 0.448. The first-order valence-corrected chi connectivity index (χ1v) is 13.0. The molecule has 8 heteroatoms. The molecule has 196 valence electrons. The van der Waals surface area contributed by atoms with Crippen molar-refractivity contribution < 1.29 is 14.3 Å². The Morgan fingerprint density at radius 1 is 0.973 bits per heavy atom. The van der Waals surface area contributed by atoms with Crippen LogP contribution in [0.2, 0.25) is 0 Å². The number of rotatable bonds is 9. The van der Waals surface area contributed by atoms with Crippen molar-refractivity contribution in [2.45, 2.75) is 39.0 Å². The van der Waals surface area contributed by atoms with Crippen molar-refractivity contribution in [1.29, 1.82) is 0 Å². The summed E-state index contributed by atoms with van der Waals surface area (Å²) in [5.74, 6) is 1.45. The van der Waals surface area contributed by atoms with Gasteiger partial charge < -0.3 is 14.4 Å². The van der Waals surface area contributed by atoms with Crippen LogP contribution in [0.3, 0.4) is 0 Å². The Labute approximate surface area is 218 Å². The SMILES string of the molecule is COc1cccc(CN2CC(OCC3CC3)CN(Cc3c(C)n(C)n(-c4ccccc4)c3=O)CC2=O)c1. The molecule has 0 radical (unpaired) electrons. The number of aromatic nitrogens is 2. The summed E-state index contributed by atoms with van der Waals surface area (Å²) in [7, 11) is 3.55. The van der Waals surface area contributed by atoms with Gasteiger partial charge in [-0.05, 0) is 55.5 Å². The fourth-order valence-corrected chi connectivity index (χ4v) is 5.01. The highest BCUT2D eigenvalue weighted by Gasteiger charge is 2.31. The average Bonchev–Trinajstić information content (AvgIpc) is 3.72. The van der Waals surface area contributed by atoms with Gasteiger partial charge in [0.15, 0.2) is 0 Å². The van der Waals surface area contributed by atoms with Gasteiger partial charge in [-0.2, -0.15) is 0 Å². The number of hydrogen-bond donors (Lipinski definition) is 0. The van der Waals surface area contributed by atoms with Crippen LogP contribution in [0.25, 0.3) is 5.69 Å². The molecule has 2 aliphatic rings. The van der Waals surface area contributed by atoms with Crippen LogP contribution in [0.4, 0.5) is 0 Å². The van der Waals surface area contributed by atoms with Crippen LogP contribution < -0.4 is 10.3 Å². The molecule has 1 amide bonds. The monoisotopic (exact) mass is 504 g/mol. The summed E-state index contributed by atoms with van der Waals surface area (Å²) in [5.41, 5.74) is 3.40. The molecule has 0 spiro atoms. The number of hydrogen-bond acceptors (Lipinski definition) is 5. The summed E-state index contributed by atoms with van der Waals surface area (Å²) in [4.78, 5) is 30.9. The second-order valence-corrected chi connectivity index (χ2v) is 10.2. The van der Waals surface area contributed by atoms with Crippen LogP contribution in [0.1, 0.15) is 29.7 Å². The molecule has 5 rings (SSSR count). The third-order valence-corrected chi connectivity index (χ3v) is 7.42. The van der Waals surface area contributed by atoms with Crippen molar-refractivity contribution in [3.8, 4) is 11.4 Å². The van der Waals surface area contributed by atoms with Gasteiger partial charge in [-0.1, -0.05) is 30.3 Å². The number of carbonyl (C=O) groups is 1. The molecule has 2 fully saturated rings. The molecule has 1 atom stereocenters. The summed E-state index contributed by atoms with van der Waals surface area (Å²) in [6.07, 6.45) is 2.31. The first-order valence-electron chi connectivity index (χ1n) is 13.0. The maximum Gasteiger partial charge on any atom is 0.276 e. The van der Waals surface area contributed by atoms with E-state index in [1.807, 2.05) is 78.2 Å². The second-order valence-electron chi connectivity index (χ2n) is 10.2.